The lowest BCUT2D eigenvalue weighted by Gasteiger charge is -2.12. The molecule has 3 aromatic heterocycles. The predicted molar refractivity (Wildman–Crippen MR) is 111 cm³/mol. The highest BCUT2D eigenvalue weighted by Gasteiger charge is 2.22. The second-order valence-electron chi connectivity index (χ2n) is 7.02. The van der Waals surface area contributed by atoms with Gasteiger partial charge in [-0.2, -0.15) is 5.10 Å². The summed E-state index contributed by atoms with van der Waals surface area (Å²) in [7, 11) is 1.21. The summed E-state index contributed by atoms with van der Waals surface area (Å²) < 4.78 is 36.0. The third-order valence-electron chi connectivity index (χ3n) is 4.78. The SMILES string of the molecule is CCCc1c(-c2ncc(C)o2)cn2ncnc(Nc3cc(C(=O)NOC)c(F)cc3F)c12. The summed E-state index contributed by atoms with van der Waals surface area (Å²) in [6.07, 6.45) is 6.15. The van der Waals surface area contributed by atoms with Crippen molar-refractivity contribution in [1.82, 2.24) is 25.1 Å². The molecular formula is C21H20F2N6O3. The fourth-order valence-corrected chi connectivity index (χ4v) is 3.43. The Labute approximate surface area is 181 Å². The number of oxazole rings is 1. The Hall–Kier alpha value is -3.86. The fraction of sp³-hybridized carbons (Fsp3) is 0.238. The van der Waals surface area contributed by atoms with E-state index in [4.69, 9.17) is 4.42 Å². The van der Waals surface area contributed by atoms with Gasteiger partial charge in [-0.05, 0) is 25.0 Å². The average molecular weight is 442 g/mol. The minimum absolute atomic E-state index is 0.134. The smallest absolute Gasteiger partial charge is 0.277 e. The number of aryl methyl sites for hydroxylation is 2. The van der Waals surface area contributed by atoms with E-state index in [1.807, 2.05) is 12.4 Å². The molecule has 4 aromatic rings. The molecule has 0 saturated heterocycles. The molecule has 32 heavy (non-hydrogen) atoms. The third-order valence-corrected chi connectivity index (χ3v) is 4.78. The summed E-state index contributed by atoms with van der Waals surface area (Å²) in [6.45, 7) is 3.82. The molecule has 4 rings (SSSR count). The molecule has 0 aliphatic heterocycles. The van der Waals surface area contributed by atoms with Crippen LogP contribution < -0.4 is 10.8 Å². The van der Waals surface area contributed by atoms with Gasteiger partial charge in [0.25, 0.3) is 5.91 Å². The normalized spacial score (nSPS) is 11.2. The number of anilines is 2. The van der Waals surface area contributed by atoms with E-state index in [0.29, 0.717) is 29.7 Å². The van der Waals surface area contributed by atoms with Gasteiger partial charge in [0.2, 0.25) is 5.89 Å². The van der Waals surface area contributed by atoms with E-state index in [1.165, 1.54) is 13.4 Å². The maximum absolute atomic E-state index is 14.5. The Balaban J connectivity index is 1.83. The highest BCUT2D eigenvalue weighted by molar-refractivity contribution is 5.95. The lowest BCUT2D eigenvalue weighted by molar-refractivity contribution is 0.0533. The summed E-state index contributed by atoms with van der Waals surface area (Å²) >= 11 is 0. The summed E-state index contributed by atoms with van der Waals surface area (Å²) in [5.74, 6) is -1.38. The van der Waals surface area contributed by atoms with Crippen LogP contribution in [0, 0.1) is 18.6 Å². The van der Waals surface area contributed by atoms with Gasteiger partial charge in [-0.15, -0.1) is 0 Å². The van der Waals surface area contributed by atoms with Crippen LogP contribution in [0.25, 0.3) is 17.0 Å². The van der Waals surface area contributed by atoms with Crippen molar-refractivity contribution in [2.45, 2.75) is 26.7 Å². The Morgan fingerprint density at radius 3 is 2.75 bits per heavy atom. The van der Waals surface area contributed by atoms with Crippen molar-refractivity contribution in [2.75, 3.05) is 12.4 Å². The number of carbonyl (C=O) groups is 1. The van der Waals surface area contributed by atoms with Crippen molar-refractivity contribution in [2.24, 2.45) is 0 Å². The minimum Gasteiger partial charge on any atom is -0.441 e. The van der Waals surface area contributed by atoms with E-state index in [2.05, 4.69) is 25.2 Å². The van der Waals surface area contributed by atoms with Crippen LogP contribution in [-0.2, 0) is 11.3 Å². The van der Waals surface area contributed by atoms with Crippen LogP contribution in [0.1, 0.15) is 35.0 Å². The van der Waals surface area contributed by atoms with Gasteiger partial charge in [0.15, 0.2) is 5.82 Å². The van der Waals surface area contributed by atoms with Crippen LogP contribution in [0.5, 0.6) is 0 Å². The summed E-state index contributed by atoms with van der Waals surface area (Å²) in [6, 6.07) is 1.68. The van der Waals surface area contributed by atoms with Crippen LogP contribution in [-0.4, -0.2) is 32.6 Å². The van der Waals surface area contributed by atoms with E-state index < -0.39 is 17.5 Å². The number of fused-ring (bicyclic) bond motifs is 1. The Kier molecular flexibility index (Phi) is 5.82. The summed E-state index contributed by atoms with van der Waals surface area (Å²) in [5, 5.41) is 7.11. The van der Waals surface area contributed by atoms with Crippen molar-refractivity contribution in [3.05, 3.63) is 59.4 Å². The molecule has 3 heterocycles. The van der Waals surface area contributed by atoms with Gasteiger partial charge in [0.1, 0.15) is 29.2 Å². The highest BCUT2D eigenvalue weighted by atomic mass is 19.1. The van der Waals surface area contributed by atoms with Gasteiger partial charge in [-0.1, -0.05) is 13.3 Å². The molecule has 11 heteroatoms. The van der Waals surface area contributed by atoms with E-state index in [0.717, 1.165) is 23.6 Å². The standard InChI is InChI=1S/C21H20F2N6O3/c1-4-5-12-14(21-24-8-11(2)32-21)9-29-18(12)19(25-10-26-29)27-17-6-13(20(30)28-31-3)15(22)7-16(17)23/h6-10H,4-5H2,1-3H3,(H,28,30)(H,25,26,27). The molecule has 0 fully saturated rings. The van der Waals surface area contributed by atoms with Crippen LogP contribution in [0.15, 0.2) is 35.3 Å². The number of halogens is 2. The van der Waals surface area contributed by atoms with Crippen LogP contribution in [0.4, 0.5) is 20.3 Å². The summed E-state index contributed by atoms with van der Waals surface area (Å²) in [5.41, 5.74) is 3.68. The van der Waals surface area contributed by atoms with Gasteiger partial charge in [0.05, 0.1) is 30.1 Å². The zero-order valence-electron chi connectivity index (χ0n) is 17.6. The highest BCUT2D eigenvalue weighted by Crippen LogP contribution is 2.33. The molecule has 1 aromatic carbocycles. The Morgan fingerprint density at radius 1 is 1.25 bits per heavy atom. The fourth-order valence-electron chi connectivity index (χ4n) is 3.43. The molecule has 0 bridgehead atoms. The maximum atomic E-state index is 14.5. The third kappa shape index (κ3) is 3.89. The van der Waals surface area contributed by atoms with E-state index in [-0.39, 0.29) is 17.1 Å². The largest absolute Gasteiger partial charge is 0.441 e. The second kappa shape index (κ2) is 8.71. The Morgan fingerprint density at radius 2 is 2.06 bits per heavy atom. The van der Waals surface area contributed by atoms with E-state index in [1.54, 1.807) is 23.8 Å². The number of nitrogens with one attached hydrogen (secondary N) is 2. The lowest BCUT2D eigenvalue weighted by atomic mass is 10.1. The topological polar surface area (TPSA) is 107 Å². The molecule has 0 aliphatic rings. The molecule has 0 radical (unpaired) electrons. The van der Waals surface area contributed by atoms with Gasteiger partial charge < -0.3 is 9.73 Å². The number of carbonyl (C=O) groups excluding carboxylic acids is 1. The Bertz CT molecular complexity index is 1300. The molecule has 0 atom stereocenters. The van der Waals surface area contributed by atoms with Crippen molar-refractivity contribution in [1.29, 1.82) is 0 Å². The van der Waals surface area contributed by atoms with Crippen LogP contribution in [0.3, 0.4) is 0 Å². The van der Waals surface area contributed by atoms with Crippen molar-refractivity contribution >= 4 is 22.9 Å². The zero-order chi connectivity index (χ0) is 22.8. The average Bonchev–Trinajstić information content (AvgIpc) is 3.34. The predicted octanol–water partition coefficient (Wildman–Crippen LogP) is 3.96. The molecule has 0 aliphatic carbocycles. The van der Waals surface area contributed by atoms with Crippen molar-refractivity contribution in [3.63, 3.8) is 0 Å². The molecular weight excluding hydrogens is 422 g/mol. The number of hydrogen-bond donors (Lipinski definition) is 2. The maximum Gasteiger partial charge on any atom is 0.277 e. The zero-order valence-corrected chi connectivity index (χ0v) is 17.6. The number of aromatic nitrogens is 4. The monoisotopic (exact) mass is 442 g/mol. The molecule has 2 N–H and O–H groups in total. The first-order valence-electron chi connectivity index (χ1n) is 9.80. The number of hydrogen-bond acceptors (Lipinski definition) is 7. The summed E-state index contributed by atoms with van der Waals surface area (Å²) in [4.78, 5) is 25.1. The second-order valence-corrected chi connectivity index (χ2v) is 7.02. The van der Waals surface area contributed by atoms with Gasteiger partial charge in [-0.3, -0.25) is 9.63 Å². The molecule has 166 valence electrons. The quantitative estimate of drug-likeness (QED) is 0.417. The molecule has 0 spiro atoms. The van der Waals surface area contributed by atoms with E-state index >= 15 is 0 Å². The molecule has 0 unspecified atom stereocenters. The number of benzene rings is 1. The molecule has 9 nitrogen and oxygen atoms in total. The number of hydroxylamine groups is 1. The van der Waals surface area contributed by atoms with Gasteiger partial charge >= 0.3 is 0 Å². The van der Waals surface area contributed by atoms with Crippen LogP contribution in [0.2, 0.25) is 0 Å². The lowest BCUT2D eigenvalue weighted by Crippen LogP contribution is -2.23. The molecule has 0 saturated carbocycles. The minimum atomic E-state index is -1.02. The van der Waals surface area contributed by atoms with Crippen LogP contribution >= 0.6 is 0 Å². The first kappa shape index (κ1) is 21.4. The van der Waals surface area contributed by atoms with Crippen molar-refractivity contribution < 1.29 is 22.8 Å². The first-order chi connectivity index (χ1) is 15.4. The number of nitrogens with zero attached hydrogens (tertiary/aromatic N) is 4. The van der Waals surface area contributed by atoms with Gasteiger partial charge in [-0.25, -0.2) is 28.7 Å². The van der Waals surface area contributed by atoms with E-state index in [9.17, 15) is 13.6 Å². The van der Waals surface area contributed by atoms with Gasteiger partial charge in [0, 0.05) is 12.3 Å². The number of amides is 1. The number of rotatable bonds is 7. The molecule has 1 amide bonds. The van der Waals surface area contributed by atoms with Crippen molar-refractivity contribution in [3.8, 4) is 11.5 Å². The first-order valence-corrected chi connectivity index (χ1v) is 9.80.